The second-order valence-corrected chi connectivity index (χ2v) is 10.0. The van der Waals surface area contributed by atoms with Gasteiger partial charge in [0.25, 0.3) is 5.91 Å². The smallest absolute Gasteiger partial charge is 0.254 e. The van der Waals surface area contributed by atoms with Crippen molar-refractivity contribution in [2.24, 2.45) is 5.92 Å². The first-order chi connectivity index (χ1) is 15.0. The average molecular weight is 490 g/mol. The molecule has 2 atom stereocenters. The minimum Gasteiger partial charge on any atom is -0.353 e. The number of hydrogen-bond donors (Lipinski definition) is 1. The van der Waals surface area contributed by atoms with E-state index in [9.17, 15) is 14.4 Å². The molecule has 3 fully saturated rings. The zero-order valence-electron chi connectivity index (χ0n) is 18.0. The molecule has 3 amide bonds. The van der Waals surface area contributed by atoms with Crippen LogP contribution < -0.4 is 5.32 Å². The molecule has 7 heteroatoms. The number of nitrogens with one attached hydrogen (secondary N) is 1. The van der Waals surface area contributed by atoms with Crippen LogP contribution in [0.1, 0.15) is 68.1 Å². The van der Waals surface area contributed by atoms with Crippen molar-refractivity contribution in [2.75, 3.05) is 19.6 Å². The first kappa shape index (κ1) is 22.3. The SMILES string of the molecule is O=C(NC1CCCCC1)C1CCCN(C(=O)C2CCCN2C(=O)c2ccc(Br)cc2)C1. The van der Waals surface area contributed by atoms with Crippen molar-refractivity contribution in [3.05, 3.63) is 34.3 Å². The maximum atomic E-state index is 13.4. The molecule has 168 valence electrons. The van der Waals surface area contributed by atoms with E-state index in [0.29, 0.717) is 37.7 Å². The van der Waals surface area contributed by atoms with Crippen LogP contribution in [0.5, 0.6) is 0 Å². The summed E-state index contributed by atoms with van der Waals surface area (Å²) < 4.78 is 0.920. The molecule has 0 aromatic heterocycles. The summed E-state index contributed by atoms with van der Waals surface area (Å²) in [7, 11) is 0. The predicted octanol–water partition coefficient (Wildman–Crippen LogP) is 3.74. The van der Waals surface area contributed by atoms with E-state index in [2.05, 4.69) is 21.2 Å². The summed E-state index contributed by atoms with van der Waals surface area (Å²) in [5.74, 6) is -0.139. The summed E-state index contributed by atoms with van der Waals surface area (Å²) >= 11 is 3.40. The lowest BCUT2D eigenvalue weighted by Crippen LogP contribution is -2.53. The van der Waals surface area contributed by atoms with E-state index in [0.717, 1.165) is 36.6 Å². The summed E-state index contributed by atoms with van der Waals surface area (Å²) in [6.07, 6.45) is 8.95. The molecular formula is C24H32BrN3O3. The highest BCUT2D eigenvalue weighted by molar-refractivity contribution is 9.10. The fourth-order valence-corrected chi connectivity index (χ4v) is 5.46. The van der Waals surface area contributed by atoms with Gasteiger partial charge in [0.15, 0.2) is 0 Å². The van der Waals surface area contributed by atoms with E-state index in [-0.39, 0.29) is 23.6 Å². The molecule has 0 spiro atoms. The molecule has 2 heterocycles. The minimum absolute atomic E-state index is 0.00173. The van der Waals surface area contributed by atoms with Gasteiger partial charge in [-0.15, -0.1) is 0 Å². The topological polar surface area (TPSA) is 69.7 Å². The fraction of sp³-hybridized carbons (Fsp3) is 0.625. The van der Waals surface area contributed by atoms with Gasteiger partial charge in [0, 0.05) is 35.7 Å². The molecule has 3 aliphatic rings. The highest BCUT2D eigenvalue weighted by Crippen LogP contribution is 2.26. The first-order valence-corrected chi connectivity index (χ1v) is 12.5. The lowest BCUT2D eigenvalue weighted by atomic mass is 9.92. The number of rotatable bonds is 4. The molecule has 2 aliphatic heterocycles. The van der Waals surface area contributed by atoms with Gasteiger partial charge in [0.2, 0.25) is 11.8 Å². The zero-order valence-corrected chi connectivity index (χ0v) is 19.6. The summed E-state index contributed by atoms with van der Waals surface area (Å²) in [6, 6.07) is 7.15. The monoisotopic (exact) mass is 489 g/mol. The number of hydrogen-bond acceptors (Lipinski definition) is 3. The molecule has 1 N–H and O–H groups in total. The molecule has 1 saturated carbocycles. The number of carbonyl (C=O) groups is 3. The number of nitrogens with zero attached hydrogens (tertiary/aromatic N) is 2. The second-order valence-electron chi connectivity index (χ2n) is 9.13. The third-order valence-corrected chi connectivity index (χ3v) is 7.47. The third-order valence-electron chi connectivity index (χ3n) is 6.95. The van der Waals surface area contributed by atoms with E-state index in [1.165, 1.54) is 19.3 Å². The molecule has 1 aliphatic carbocycles. The molecular weight excluding hydrogens is 458 g/mol. The van der Waals surface area contributed by atoms with Crippen LogP contribution in [0.25, 0.3) is 0 Å². The van der Waals surface area contributed by atoms with Gasteiger partial charge in [-0.2, -0.15) is 0 Å². The van der Waals surface area contributed by atoms with Crippen molar-refractivity contribution in [3.8, 4) is 0 Å². The Bertz CT molecular complexity index is 807. The number of benzene rings is 1. The van der Waals surface area contributed by atoms with Crippen LogP contribution in [0.3, 0.4) is 0 Å². The molecule has 31 heavy (non-hydrogen) atoms. The molecule has 1 aromatic carbocycles. The Morgan fingerprint density at radius 3 is 2.32 bits per heavy atom. The Balaban J connectivity index is 1.37. The van der Waals surface area contributed by atoms with Crippen molar-refractivity contribution in [2.45, 2.75) is 69.9 Å². The highest BCUT2D eigenvalue weighted by Gasteiger charge is 2.39. The molecule has 0 bridgehead atoms. The Labute approximate surface area is 192 Å². The normalized spacial score (nSPS) is 24.8. The van der Waals surface area contributed by atoms with Gasteiger partial charge in [0.05, 0.1) is 5.92 Å². The quantitative estimate of drug-likeness (QED) is 0.699. The Morgan fingerprint density at radius 1 is 0.871 bits per heavy atom. The summed E-state index contributed by atoms with van der Waals surface area (Å²) in [5, 5.41) is 3.23. The number of likely N-dealkylation sites (tertiary alicyclic amines) is 2. The summed E-state index contributed by atoms with van der Waals surface area (Å²) in [6.45, 7) is 1.74. The van der Waals surface area contributed by atoms with Crippen molar-refractivity contribution in [3.63, 3.8) is 0 Å². The van der Waals surface area contributed by atoms with E-state index in [1.54, 1.807) is 17.0 Å². The number of carbonyl (C=O) groups excluding carboxylic acids is 3. The molecule has 6 nitrogen and oxygen atoms in total. The van der Waals surface area contributed by atoms with Gasteiger partial charge in [-0.1, -0.05) is 35.2 Å². The van der Waals surface area contributed by atoms with Crippen LogP contribution in [0.15, 0.2) is 28.7 Å². The van der Waals surface area contributed by atoms with Crippen LogP contribution in [0.4, 0.5) is 0 Å². The Morgan fingerprint density at radius 2 is 1.58 bits per heavy atom. The van der Waals surface area contributed by atoms with Gasteiger partial charge in [0.1, 0.15) is 6.04 Å². The molecule has 4 rings (SSSR count). The van der Waals surface area contributed by atoms with Crippen LogP contribution in [0.2, 0.25) is 0 Å². The average Bonchev–Trinajstić information content (AvgIpc) is 3.29. The lowest BCUT2D eigenvalue weighted by Gasteiger charge is -2.36. The summed E-state index contributed by atoms with van der Waals surface area (Å²) in [4.78, 5) is 42.7. The van der Waals surface area contributed by atoms with Crippen molar-refractivity contribution in [1.82, 2.24) is 15.1 Å². The second kappa shape index (κ2) is 10.2. The van der Waals surface area contributed by atoms with Gasteiger partial charge in [-0.3, -0.25) is 14.4 Å². The van der Waals surface area contributed by atoms with Gasteiger partial charge < -0.3 is 15.1 Å². The number of piperidine rings is 1. The van der Waals surface area contributed by atoms with E-state index in [1.807, 2.05) is 17.0 Å². The minimum atomic E-state index is -0.420. The molecule has 0 radical (unpaired) electrons. The number of halogens is 1. The van der Waals surface area contributed by atoms with Crippen LogP contribution in [0, 0.1) is 5.92 Å². The van der Waals surface area contributed by atoms with Gasteiger partial charge >= 0.3 is 0 Å². The molecule has 2 saturated heterocycles. The zero-order chi connectivity index (χ0) is 21.8. The fourth-order valence-electron chi connectivity index (χ4n) is 5.19. The lowest BCUT2D eigenvalue weighted by molar-refractivity contribution is -0.139. The Hall–Kier alpha value is -1.89. The largest absolute Gasteiger partial charge is 0.353 e. The van der Waals surface area contributed by atoms with Crippen LogP contribution in [-0.2, 0) is 9.59 Å². The van der Waals surface area contributed by atoms with Crippen molar-refractivity contribution in [1.29, 1.82) is 0 Å². The summed E-state index contributed by atoms with van der Waals surface area (Å²) in [5.41, 5.74) is 0.603. The van der Waals surface area contributed by atoms with Crippen LogP contribution in [-0.4, -0.2) is 59.2 Å². The molecule has 2 unspecified atom stereocenters. The number of amides is 3. The Kier molecular flexibility index (Phi) is 7.31. The molecule has 1 aromatic rings. The van der Waals surface area contributed by atoms with Gasteiger partial charge in [-0.05, 0) is 62.8 Å². The third kappa shape index (κ3) is 5.30. The van der Waals surface area contributed by atoms with E-state index < -0.39 is 6.04 Å². The first-order valence-electron chi connectivity index (χ1n) is 11.7. The highest BCUT2D eigenvalue weighted by atomic mass is 79.9. The standard InChI is InChI=1S/C24H32BrN3O3/c25-19-12-10-17(11-13-19)23(30)28-15-5-9-21(28)24(31)27-14-4-6-18(16-27)22(29)26-20-7-2-1-3-8-20/h10-13,18,20-21H,1-9,14-16H2,(H,26,29). The maximum Gasteiger partial charge on any atom is 0.254 e. The van der Waals surface area contributed by atoms with Crippen molar-refractivity contribution >= 4 is 33.7 Å². The maximum absolute atomic E-state index is 13.4. The predicted molar refractivity (Wildman–Crippen MR) is 123 cm³/mol. The van der Waals surface area contributed by atoms with Crippen molar-refractivity contribution < 1.29 is 14.4 Å². The van der Waals surface area contributed by atoms with Crippen LogP contribution >= 0.6 is 15.9 Å². The van der Waals surface area contributed by atoms with E-state index in [4.69, 9.17) is 0 Å². The van der Waals surface area contributed by atoms with E-state index >= 15 is 0 Å². The van der Waals surface area contributed by atoms with Gasteiger partial charge in [-0.25, -0.2) is 0 Å².